The highest BCUT2D eigenvalue weighted by molar-refractivity contribution is 6.32. The minimum absolute atomic E-state index is 0.0190. The van der Waals surface area contributed by atoms with Gasteiger partial charge >= 0.3 is 0 Å². The van der Waals surface area contributed by atoms with E-state index in [1.807, 2.05) is 0 Å². The molecular formula is C16H17ClN4O5. The minimum atomic E-state index is -0.651. The molecule has 0 radical (unpaired) electrons. The summed E-state index contributed by atoms with van der Waals surface area (Å²) in [6.45, 7) is 4.31. The predicted octanol–water partition coefficient (Wildman–Crippen LogP) is 2.65. The van der Waals surface area contributed by atoms with Crippen LogP contribution in [0.5, 0.6) is 0 Å². The van der Waals surface area contributed by atoms with E-state index in [1.165, 1.54) is 23.3 Å². The van der Waals surface area contributed by atoms with Crippen LogP contribution in [0.2, 0.25) is 5.02 Å². The molecule has 0 aliphatic carbocycles. The second kappa shape index (κ2) is 8.43. The largest absolute Gasteiger partial charge is 0.446 e. The number of hydrogen-bond donors (Lipinski definition) is 1. The van der Waals surface area contributed by atoms with E-state index in [0.29, 0.717) is 13.1 Å². The average molecular weight is 381 g/mol. The minimum Gasteiger partial charge on any atom is -0.446 e. The molecule has 0 bridgehead atoms. The van der Waals surface area contributed by atoms with E-state index >= 15 is 0 Å². The number of nitro groups is 1. The average Bonchev–Trinajstić information content (AvgIpc) is 3.08. The Kier molecular flexibility index (Phi) is 6.29. The van der Waals surface area contributed by atoms with Crippen molar-refractivity contribution in [2.24, 2.45) is 0 Å². The number of halogens is 1. The van der Waals surface area contributed by atoms with E-state index < -0.39 is 10.8 Å². The molecule has 2 rings (SSSR count). The number of aromatic nitrogens is 1. The SMILES string of the molecule is CCNC(=O)c1coc(CN(CC)C(=O)c2ccc(Cl)c([N+](=O)[O-])c2)n1. The third-order valence-electron chi connectivity index (χ3n) is 3.51. The van der Waals surface area contributed by atoms with Gasteiger partial charge in [0.1, 0.15) is 11.3 Å². The van der Waals surface area contributed by atoms with E-state index in [4.69, 9.17) is 16.0 Å². The number of nitrogens with zero attached hydrogens (tertiary/aromatic N) is 3. The molecule has 26 heavy (non-hydrogen) atoms. The van der Waals surface area contributed by atoms with Crippen molar-refractivity contribution < 1.29 is 18.9 Å². The van der Waals surface area contributed by atoms with E-state index in [-0.39, 0.29) is 40.3 Å². The standard InChI is InChI=1S/C16H17ClN4O5/c1-3-18-15(22)12-9-26-14(19-12)8-20(4-2)16(23)10-5-6-11(17)13(7-10)21(24)25/h5-7,9H,3-4,8H2,1-2H3,(H,18,22). The van der Waals surface area contributed by atoms with Gasteiger partial charge in [0.15, 0.2) is 5.69 Å². The van der Waals surface area contributed by atoms with Gasteiger partial charge in [0, 0.05) is 24.7 Å². The Morgan fingerprint density at radius 1 is 1.38 bits per heavy atom. The summed E-state index contributed by atoms with van der Waals surface area (Å²) in [5.41, 5.74) is -0.103. The van der Waals surface area contributed by atoms with Gasteiger partial charge in [-0.1, -0.05) is 11.6 Å². The van der Waals surface area contributed by atoms with Crippen molar-refractivity contribution in [3.05, 3.63) is 56.7 Å². The molecule has 0 aliphatic heterocycles. The lowest BCUT2D eigenvalue weighted by atomic mass is 10.1. The van der Waals surface area contributed by atoms with Crippen molar-refractivity contribution in [3.63, 3.8) is 0 Å². The topological polar surface area (TPSA) is 119 Å². The van der Waals surface area contributed by atoms with Gasteiger partial charge in [-0.05, 0) is 26.0 Å². The van der Waals surface area contributed by atoms with Gasteiger partial charge in [-0.25, -0.2) is 4.98 Å². The highest BCUT2D eigenvalue weighted by Crippen LogP contribution is 2.26. The first-order valence-corrected chi connectivity index (χ1v) is 8.21. The fourth-order valence-electron chi connectivity index (χ4n) is 2.20. The maximum atomic E-state index is 12.6. The van der Waals surface area contributed by atoms with E-state index in [9.17, 15) is 19.7 Å². The van der Waals surface area contributed by atoms with Crippen LogP contribution in [0.15, 0.2) is 28.9 Å². The molecule has 0 atom stereocenters. The first kappa shape index (κ1) is 19.4. The van der Waals surface area contributed by atoms with Gasteiger partial charge < -0.3 is 14.6 Å². The lowest BCUT2D eigenvalue weighted by Gasteiger charge is -2.19. The van der Waals surface area contributed by atoms with Crippen molar-refractivity contribution in [3.8, 4) is 0 Å². The monoisotopic (exact) mass is 380 g/mol. The van der Waals surface area contributed by atoms with Crippen LogP contribution in [-0.2, 0) is 6.54 Å². The molecule has 1 aromatic carbocycles. The van der Waals surface area contributed by atoms with Crippen LogP contribution in [0.3, 0.4) is 0 Å². The Hall–Kier alpha value is -2.94. The zero-order valence-electron chi connectivity index (χ0n) is 14.2. The molecule has 0 fully saturated rings. The Morgan fingerprint density at radius 3 is 2.73 bits per heavy atom. The summed E-state index contributed by atoms with van der Waals surface area (Å²) in [6.07, 6.45) is 1.21. The second-order valence-electron chi connectivity index (χ2n) is 5.23. The summed E-state index contributed by atoms with van der Waals surface area (Å²) in [6, 6.07) is 3.85. The zero-order valence-corrected chi connectivity index (χ0v) is 14.9. The molecule has 9 nitrogen and oxygen atoms in total. The lowest BCUT2D eigenvalue weighted by molar-refractivity contribution is -0.384. The summed E-state index contributed by atoms with van der Waals surface area (Å²) in [5, 5.41) is 13.5. The zero-order chi connectivity index (χ0) is 19.3. The van der Waals surface area contributed by atoms with Crippen LogP contribution < -0.4 is 5.32 Å². The van der Waals surface area contributed by atoms with Crippen molar-refractivity contribution in [1.29, 1.82) is 0 Å². The molecule has 0 unspecified atom stereocenters. The van der Waals surface area contributed by atoms with Gasteiger partial charge in [-0.15, -0.1) is 0 Å². The number of benzene rings is 1. The van der Waals surface area contributed by atoms with Crippen molar-refractivity contribution in [2.45, 2.75) is 20.4 Å². The Morgan fingerprint density at radius 2 is 2.12 bits per heavy atom. The number of oxazole rings is 1. The third-order valence-corrected chi connectivity index (χ3v) is 3.83. The van der Waals surface area contributed by atoms with Crippen LogP contribution in [0.4, 0.5) is 5.69 Å². The smallest absolute Gasteiger partial charge is 0.288 e. The maximum absolute atomic E-state index is 12.6. The lowest BCUT2D eigenvalue weighted by Crippen LogP contribution is -2.30. The molecule has 138 valence electrons. The number of rotatable bonds is 7. The summed E-state index contributed by atoms with van der Waals surface area (Å²) >= 11 is 5.77. The van der Waals surface area contributed by atoms with Crippen LogP contribution in [-0.4, -0.2) is 39.7 Å². The molecule has 0 spiro atoms. The van der Waals surface area contributed by atoms with Crippen LogP contribution in [0.1, 0.15) is 40.6 Å². The van der Waals surface area contributed by atoms with Gasteiger partial charge in [0.25, 0.3) is 17.5 Å². The Bertz CT molecular complexity index is 836. The van der Waals surface area contributed by atoms with Gasteiger partial charge in [0.05, 0.1) is 11.5 Å². The summed E-state index contributed by atoms with van der Waals surface area (Å²) < 4.78 is 5.24. The van der Waals surface area contributed by atoms with Gasteiger partial charge in [0.2, 0.25) is 5.89 Å². The normalized spacial score (nSPS) is 10.4. The quantitative estimate of drug-likeness (QED) is 0.582. The molecule has 0 saturated heterocycles. The number of carbonyl (C=O) groups is 2. The summed E-state index contributed by atoms with van der Waals surface area (Å²) in [4.78, 5) is 40.1. The number of hydrogen-bond acceptors (Lipinski definition) is 6. The maximum Gasteiger partial charge on any atom is 0.288 e. The van der Waals surface area contributed by atoms with Crippen LogP contribution in [0.25, 0.3) is 0 Å². The van der Waals surface area contributed by atoms with Crippen LogP contribution >= 0.6 is 11.6 Å². The predicted molar refractivity (Wildman–Crippen MR) is 93.0 cm³/mol. The van der Waals surface area contributed by atoms with E-state index in [0.717, 1.165) is 6.07 Å². The molecule has 1 aromatic heterocycles. The van der Waals surface area contributed by atoms with Crippen molar-refractivity contribution >= 4 is 29.1 Å². The second-order valence-corrected chi connectivity index (χ2v) is 5.64. The molecule has 2 aromatic rings. The molecule has 0 saturated carbocycles. The number of carbonyl (C=O) groups excluding carboxylic acids is 2. The molecule has 10 heteroatoms. The van der Waals surface area contributed by atoms with Crippen LogP contribution in [0, 0.1) is 10.1 Å². The summed E-state index contributed by atoms with van der Waals surface area (Å²) in [5.74, 6) is -0.625. The third kappa shape index (κ3) is 4.37. The van der Waals surface area contributed by atoms with Crippen molar-refractivity contribution in [2.75, 3.05) is 13.1 Å². The Balaban J connectivity index is 2.18. The Labute approximate surface area is 154 Å². The fourth-order valence-corrected chi connectivity index (χ4v) is 2.38. The molecular weight excluding hydrogens is 364 g/mol. The first-order valence-electron chi connectivity index (χ1n) is 7.83. The molecule has 2 amide bonds. The molecule has 0 aliphatic rings. The first-order chi connectivity index (χ1) is 12.4. The van der Waals surface area contributed by atoms with E-state index in [2.05, 4.69) is 10.3 Å². The van der Waals surface area contributed by atoms with Gasteiger partial charge in [-0.3, -0.25) is 19.7 Å². The fraction of sp³-hybridized carbons (Fsp3) is 0.312. The number of nitrogens with one attached hydrogen (secondary N) is 1. The number of amides is 2. The van der Waals surface area contributed by atoms with Gasteiger partial charge in [-0.2, -0.15) is 0 Å². The molecule has 1 N–H and O–H groups in total. The summed E-state index contributed by atoms with van der Waals surface area (Å²) in [7, 11) is 0. The number of nitro benzene ring substituents is 1. The van der Waals surface area contributed by atoms with E-state index in [1.54, 1.807) is 13.8 Å². The van der Waals surface area contributed by atoms with Crippen molar-refractivity contribution in [1.82, 2.24) is 15.2 Å². The molecule has 1 heterocycles. The highest BCUT2D eigenvalue weighted by atomic mass is 35.5. The highest BCUT2D eigenvalue weighted by Gasteiger charge is 2.22.